The first-order valence-corrected chi connectivity index (χ1v) is 5.82. The Morgan fingerprint density at radius 2 is 2.12 bits per heavy atom. The molecule has 3 rings (SSSR count). The maximum Gasteiger partial charge on any atom is 0.181 e. The van der Waals surface area contributed by atoms with Gasteiger partial charge < -0.3 is 10.7 Å². The van der Waals surface area contributed by atoms with E-state index in [9.17, 15) is 0 Å². The predicted octanol–water partition coefficient (Wildman–Crippen LogP) is 2.09. The zero-order valence-electron chi connectivity index (χ0n) is 8.79. The van der Waals surface area contributed by atoms with Crippen LogP contribution in [0.5, 0.6) is 0 Å². The fraction of sp³-hybridized carbons (Fsp3) is 0. The van der Waals surface area contributed by atoms with Gasteiger partial charge in [-0.05, 0) is 18.2 Å². The van der Waals surface area contributed by atoms with Crippen molar-refractivity contribution in [2.75, 3.05) is 5.73 Å². The lowest BCUT2D eigenvalue weighted by atomic mass is 10.3. The molecule has 0 bridgehead atoms. The molecule has 0 radical (unpaired) electrons. The minimum atomic E-state index is 0.673. The average molecular weight is 243 g/mol. The van der Waals surface area contributed by atoms with Gasteiger partial charge in [0.2, 0.25) is 0 Å². The van der Waals surface area contributed by atoms with Gasteiger partial charge in [-0.15, -0.1) is 0 Å². The Labute approximate surface area is 102 Å². The first-order valence-electron chi connectivity index (χ1n) is 5.00. The van der Waals surface area contributed by atoms with Crippen molar-refractivity contribution in [3.63, 3.8) is 0 Å². The number of H-pyrrole nitrogens is 1. The van der Waals surface area contributed by atoms with Gasteiger partial charge in [0.25, 0.3) is 0 Å². The van der Waals surface area contributed by atoms with Gasteiger partial charge in [-0.1, -0.05) is 17.8 Å². The Kier molecular flexibility index (Phi) is 2.41. The summed E-state index contributed by atoms with van der Waals surface area (Å²) < 4.78 is 0. The van der Waals surface area contributed by atoms with Gasteiger partial charge in [-0.25, -0.2) is 15.0 Å². The van der Waals surface area contributed by atoms with Crippen LogP contribution in [0.1, 0.15) is 0 Å². The molecular weight excluding hydrogens is 234 g/mol. The number of nitrogens with two attached hydrogens (primary N) is 1. The lowest BCUT2D eigenvalue weighted by Crippen LogP contribution is -1.87. The average Bonchev–Trinajstić information content (AvgIpc) is 2.78. The molecular formula is C11H9N5S. The van der Waals surface area contributed by atoms with Crippen molar-refractivity contribution in [1.29, 1.82) is 0 Å². The molecule has 0 aliphatic carbocycles. The fourth-order valence-corrected chi connectivity index (χ4v) is 2.43. The normalized spacial score (nSPS) is 10.8. The Hall–Kier alpha value is -2.08. The van der Waals surface area contributed by atoms with Crippen LogP contribution in [-0.2, 0) is 0 Å². The van der Waals surface area contributed by atoms with Crippen LogP contribution >= 0.6 is 11.8 Å². The van der Waals surface area contributed by atoms with Crippen LogP contribution in [-0.4, -0.2) is 19.9 Å². The lowest BCUT2D eigenvalue weighted by molar-refractivity contribution is 1.08. The third kappa shape index (κ3) is 1.94. The zero-order chi connectivity index (χ0) is 11.7. The predicted molar refractivity (Wildman–Crippen MR) is 66.7 cm³/mol. The molecule has 3 aromatic rings. The molecule has 0 aliphatic heterocycles. The van der Waals surface area contributed by atoms with Crippen molar-refractivity contribution in [3.8, 4) is 0 Å². The van der Waals surface area contributed by atoms with Gasteiger partial charge >= 0.3 is 0 Å². The molecule has 0 saturated heterocycles. The quantitative estimate of drug-likeness (QED) is 0.532. The van der Waals surface area contributed by atoms with E-state index in [4.69, 9.17) is 5.73 Å². The molecule has 0 saturated carbocycles. The Morgan fingerprint density at radius 1 is 1.18 bits per heavy atom. The van der Waals surface area contributed by atoms with E-state index in [-0.39, 0.29) is 0 Å². The van der Waals surface area contributed by atoms with Crippen molar-refractivity contribution < 1.29 is 0 Å². The first-order chi connectivity index (χ1) is 8.33. The number of rotatable bonds is 2. The van der Waals surface area contributed by atoms with Crippen molar-refractivity contribution >= 4 is 28.6 Å². The second-order valence-electron chi connectivity index (χ2n) is 3.45. The topological polar surface area (TPSA) is 80.5 Å². The highest BCUT2D eigenvalue weighted by molar-refractivity contribution is 7.99. The zero-order valence-corrected chi connectivity index (χ0v) is 9.61. The monoisotopic (exact) mass is 243 g/mol. The minimum absolute atomic E-state index is 0.673. The van der Waals surface area contributed by atoms with Crippen molar-refractivity contribution in [2.45, 2.75) is 9.92 Å². The number of nitrogen functional groups attached to an aromatic ring is 1. The van der Waals surface area contributed by atoms with E-state index in [1.165, 1.54) is 18.1 Å². The maximum atomic E-state index is 5.74. The second-order valence-corrected chi connectivity index (χ2v) is 4.52. The highest BCUT2D eigenvalue weighted by Crippen LogP contribution is 2.30. The Balaban J connectivity index is 2.02. The molecule has 84 valence electrons. The van der Waals surface area contributed by atoms with E-state index in [1.807, 2.05) is 24.3 Å². The molecule has 0 unspecified atom stereocenters. The van der Waals surface area contributed by atoms with Gasteiger partial charge in [0, 0.05) is 10.6 Å². The number of aromatic amines is 1. The molecule has 2 aromatic heterocycles. The van der Waals surface area contributed by atoms with Gasteiger partial charge in [0.1, 0.15) is 16.9 Å². The molecule has 17 heavy (non-hydrogen) atoms. The number of fused-ring (bicyclic) bond motifs is 1. The Bertz CT molecular complexity index is 664. The van der Waals surface area contributed by atoms with E-state index in [0.29, 0.717) is 5.65 Å². The summed E-state index contributed by atoms with van der Waals surface area (Å²) in [6.45, 7) is 0. The van der Waals surface area contributed by atoms with E-state index < -0.39 is 0 Å². The molecule has 0 spiro atoms. The van der Waals surface area contributed by atoms with E-state index in [2.05, 4.69) is 19.9 Å². The van der Waals surface area contributed by atoms with Gasteiger partial charge in [-0.2, -0.15) is 0 Å². The van der Waals surface area contributed by atoms with Crippen LogP contribution in [0.4, 0.5) is 5.69 Å². The Morgan fingerprint density at radius 3 is 3.00 bits per heavy atom. The third-order valence-corrected chi connectivity index (χ3v) is 3.25. The fourth-order valence-electron chi connectivity index (χ4n) is 1.51. The van der Waals surface area contributed by atoms with Crippen molar-refractivity contribution in [2.24, 2.45) is 0 Å². The smallest absolute Gasteiger partial charge is 0.181 e. The molecule has 0 atom stereocenters. The number of aromatic nitrogens is 4. The molecule has 1 aromatic carbocycles. The number of nitrogens with zero attached hydrogens (tertiary/aromatic N) is 3. The van der Waals surface area contributed by atoms with Crippen LogP contribution in [0, 0.1) is 0 Å². The van der Waals surface area contributed by atoms with E-state index >= 15 is 0 Å². The molecule has 2 heterocycles. The first kappa shape index (κ1) is 10.1. The van der Waals surface area contributed by atoms with E-state index in [1.54, 1.807) is 6.33 Å². The summed E-state index contributed by atoms with van der Waals surface area (Å²) in [5.41, 5.74) is 8.00. The van der Waals surface area contributed by atoms with Crippen LogP contribution < -0.4 is 5.73 Å². The van der Waals surface area contributed by atoms with Gasteiger partial charge in [0.05, 0.1) is 6.33 Å². The maximum absolute atomic E-state index is 5.74. The summed E-state index contributed by atoms with van der Waals surface area (Å²) >= 11 is 1.53. The summed E-state index contributed by atoms with van der Waals surface area (Å²) in [6, 6.07) is 7.68. The number of hydrogen-bond donors (Lipinski definition) is 2. The summed E-state index contributed by atoms with van der Waals surface area (Å²) in [5, 5.41) is 0.845. The van der Waals surface area contributed by atoms with Gasteiger partial charge in [0.15, 0.2) is 5.65 Å². The van der Waals surface area contributed by atoms with Gasteiger partial charge in [-0.3, -0.25) is 0 Å². The van der Waals surface area contributed by atoms with Crippen LogP contribution in [0.25, 0.3) is 11.2 Å². The molecule has 6 heteroatoms. The summed E-state index contributed by atoms with van der Waals surface area (Å²) in [4.78, 5) is 16.5. The molecule has 3 N–H and O–H groups in total. The molecule has 0 amide bonds. The van der Waals surface area contributed by atoms with Crippen LogP contribution in [0.3, 0.4) is 0 Å². The molecule has 5 nitrogen and oxygen atoms in total. The second kappa shape index (κ2) is 4.06. The molecule has 0 aliphatic rings. The number of benzene rings is 1. The third-order valence-electron chi connectivity index (χ3n) is 2.26. The number of nitrogens with one attached hydrogen (secondary N) is 1. The highest BCUT2D eigenvalue weighted by atomic mass is 32.2. The van der Waals surface area contributed by atoms with Crippen LogP contribution in [0.15, 0.2) is 46.8 Å². The SMILES string of the molecule is Nc1cccc(Sc2ncnc3nc[nH]c23)c1. The highest BCUT2D eigenvalue weighted by Gasteiger charge is 2.07. The summed E-state index contributed by atoms with van der Waals surface area (Å²) in [6.07, 6.45) is 3.13. The van der Waals surface area contributed by atoms with E-state index in [0.717, 1.165) is 21.1 Å². The number of hydrogen-bond acceptors (Lipinski definition) is 5. The number of anilines is 1. The summed E-state index contributed by atoms with van der Waals surface area (Å²) in [5.74, 6) is 0. The van der Waals surface area contributed by atoms with Crippen molar-refractivity contribution in [1.82, 2.24) is 19.9 Å². The number of imidazole rings is 1. The molecule has 0 fully saturated rings. The minimum Gasteiger partial charge on any atom is -0.399 e. The van der Waals surface area contributed by atoms with Crippen molar-refractivity contribution in [3.05, 3.63) is 36.9 Å². The lowest BCUT2D eigenvalue weighted by Gasteiger charge is -2.02. The van der Waals surface area contributed by atoms with Crippen LogP contribution in [0.2, 0.25) is 0 Å². The standard InChI is InChI=1S/C11H9N5S/c12-7-2-1-3-8(4-7)17-11-9-10(14-5-13-9)15-6-16-11/h1-6H,12H2,(H,13,14,15,16). The summed E-state index contributed by atoms with van der Waals surface area (Å²) in [7, 11) is 0. The largest absolute Gasteiger partial charge is 0.399 e.